The third-order valence-electron chi connectivity index (χ3n) is 2.99. The fourth-order valence-electron chi connectivity index (χ4n) is 1.96. The van der Waals surface area contributed by atoms with E-state index in [0.29, 0.717) is 6.54 Å². The van der Waals surface area contributed by atoms with Crippen molar-refractivity contribution in [2.75, 3.05) is 6.54 Å². The topological polar surface area (TPSA) is 56.2 Å². The number of benzene rings is 1. The summed E-state index contributed by atoms with van der Waals surface area (Å²) in [5.74, 6) is 0. The summed E-state index contributed by atoms with van der Waals surface area (Å²) in [6, 6.07) is 14.1. The molecule has 0 aliphatic heterocycles. The van der Waals surface area contributed by atoms with E-state index in [9.17, 15) is 0 Å². The number of hydrogen-bond acceptors (Lipinski definition) is 4. The third-order valence-corrected chi connectivity index (χ3v) is 4.75. The molecule has 0 saturated carbocycles. The number of nitrogens with zero attached hydrogens (tertiary/aromatic N) is 3. The lowest BCUT2D eigenvalue weighted by atomic mass is 10.1. The molecule has 102 valence electrons. The average molecular weight is 349 g/mol. The van der Waals surface area contributed by atoms with Crippen LogP contribution in [0.5, 0.6) is 0 Å². The monoisotopic (exact) mass is 348 g/mol. The summed E-state index contributed by atoms with van der Waals surface area (Å²) < 4.78 is 3.04. The highest BCUT2D eigenvalue weighted by molar-refractivity contribution is 9.10. The van der Waals surface area contributed by atoms with Crippen molar-refractivity contribution in [3.63, 3.8) is 0 Å². The van der Waals surface area contributed by atoms with Crippen LogP contribution in [0, 0.1) is 0 Å². The fraction of sp³-hybridized carbons (Fsp3) is 0.143. The Hall–Kier alpha value is -1.37. The van der Waals surface area contributed by atoms with Crippen molar-refractivity contribution in [3.8, 4) is 0 Å². The zero-order valence-corrected chi connectivity index (χ0v) is 13.0. The molecule has 1 atom stereocenters. The first-order chi connectivity index (χ1) is 9.78. The Labute approximate surface area is 129 Å². The Morgan fingerprint density at radius 1 is 1.15 bits per heavy atom. The van der Waals surface area contributed by atoms with Crippen molar-refractivity contribution in [1.82, 2.24) is 14.6 Å². The lowest BCUT2D eigenvalue weighted by molar-refractivity contribution is 0.887. The molecule has 0 bridgehead atoms. The second-order valence-electron chi connectivity index (χ2n) is 4.31. The molecule has 3 aromatic rings. The molecule has 3 rings (SSSR count). The number of thioether (sulfide) groups is 1. The molecular weight excluding hydrogens is 336 g/mol. The van der Waals surface area contributed by atoms with Gasteiger partial charge in [-0.05, 0) is 29.8 Å². The van der Waals surface area contributed by atoms with E-state index in [2.05, 4.69) is 38.3 Å². The van der Waals surface area contributed by atoms with Crippen LogP contribution in [0.2, 0.25) is 0 Å². The largest absolute Gasteiger partial charge is 0.329 e. The van der Waals surface area contributed by atoms with E-state index in [-0.39, 0.29) is 5.25 Å². The number of halogens is 1. The molecule has 0 radical (unpaired) electrons. The van der Waals surface area contributed by atoms with Gasteiger partial charge >= 0.3 is 0 Å². The molecule has 0 saturated heterocycles. The molecule has 1 unspecified atom stereocenters. The van der Waals surface area contributed by atoms with Gasteiger partial charge in [0.1, 0.15) is 0 Å². The number of fused-ring (bicyclic) bond motifs is 1. The van der Waals surface area contributed by atoms with Crippen molar-refractivity contribution >= 4 is 33.3 Å². The molecule has 0 aliphatic rings. The quantitative estimate of drug-likeness (QED) is 0.735. The second-order valence-corrected chi connectivity index (χ2v) is 6.39. The predicted molar refractivity (Wildman–Crippen MR) is 84.8 cm³/mol. The van der Waals surface area contributed by atoms with Crippen LogP contribution in [-0.4, -0.2) is 21.1 Å². The maximum Gasteiger partial charge on any atom is 0.196 e. The van der Waals surface area contributed by atoms with Crippen molar-refractivity contribution in [2.24, 2.45) is 5.73 Å². The van der Waals surface area contributed by atoms with Gasteiger partial charge in [-0.25, -0.2) is 0 Å². The first-order valence-corrected chi connectivity index (χ1v) is 7.87. The zero-order valence-electron chi connectivity index (χ0n) is 10.6. The average Bonchev–Trinajstić information content (AvgIpc) is 2.89. The van der Waals surface area contributed by atoms with Gasteiger partial charge < -0.3 is 5.73 Å². The molecule has 4 nitrogen and oxygen atoms in total. The standard InChI is InChI=1S/C14H13BrN4S/c15-11-6-4-10(5-7-11)12(9-16)20-14-18-17-13-3-1-2-8-19(13)14/h1-8,12H,9,16H2. The zero-order chi connectivity index (χ0) is 13.9. The number of aromatic nitrogens is 3. The molecule has 2 heterocycles. The Kier molecular flexibility index (Phi) is 4.05. The van der Waals surface area contributed by atoms with Crippen LogP contribution in [0.15, 0.2) is 58.3 Å². The van der Waals surface area contributed by atoms with Crippen molar-refractivity contribution in [1.29, 1.82) is 0 Å². The highest BCUT2D eigenvalue weighted by Crippen LogP contribution is 2.33. The Balaban J connectivity index is 1.89. The van der Waals surface area contributed by atoms with E-state index in [1.807, 2.05) is 40.9 Å². The molecule has 2 aromatic heterocycles. The van der Waals surface area contributed by atoms with Gasteiger partial charge in [-0.2, -0.15) is 0 Å². The summed E-state index contributed by atoms with van der Waals surface area (Å²) in [6.07, 6.45) is 1.97. The molecule has 0 amide bonds. The van der Waals surface area contributed by atoms with E-state index in [1.54, 1.807) is 11.8 Å². The fourth-order valence-corrected chi connectivity index (χ4v) is 3.22. The molecule has 0 aliphatic carbocycles. The molecule has 2 N–H and O–H groups in total. The predicted octanol–water partition coefficient (Wildman–Crippen LogP) is 3.28. The third kappa shape index (κ3) is 2.72. The number of pyridine rings is 1. The Morgan fingerprint density at radius 2 is 1.95 bits per heavy atom. The van der Waals surface area contributed by atoms with E-state index in [4.69, 9.17) is 5.73 Å². The minimum Gasteiger partial charge on any atom is -0.329 e. The van der Waals surface area contributed by atoms with Gasteiger partial charge in [-0.1, -0.05) is 45.9 Å². The van der Waals surface area contributed by atoms with Gasteiger partial charge in [0.2, 0.25) is 0 Å². The van der Waals surface area contributed by atoms with Gasteiger partial charge in [-0.15, -0.1) is 10.2 Å². The van der Waals surface area contributed by atoms with E-state index in [0.717, 1.165) is 15.3 Å². The van der Waals surface area contributed by atoms with Gasteiger partial charge in [-0.3, -0.25) is 4.40 Å². The Bertz CT molecular complexity index is 711. The van der Waals surface area contributed by atoms with E-state index < -0.39 is 0 Å². The van der Waals surface area contributed by atoms with Crippen LogP contribution in [-0.2, 0) is 0 Å². The summed E-state index contributed by atoms with van der Waals surface area (Å²) in [5, 5.41) is 9.42. The number of nitrogens with two attached hydrogens (primary N) is 1. The Morgan fingerprint density at radius 3 is 2.70 bits per heavy atom. The van der Waals surface area contributed by atoms with Crippen molar-refractivity contribution < 1.29 is 0 Å². The van der Waals surface area contributed by atoms with Crippen LogP contribution in [0.1, 0.15) is 10.8 Å². The van der Waals surface area contributed by atoms with Gasteiger partial charge in [0.25, 0.3) is 0 Å². The summed E-state index contributed by atoms with van der Waals surface area (Å²) in [4.78, 5) is 0. The van der Waals surface area contributed by atoms with Crippen LogP contribution >= 0.6 is 27.7 Å². The summed E-state index contributed by atoms with van der Waals surface area (Å²) in [5.41, 5.74) is 7.95. The molecular formula is C14H13BrN4S. The molecule has 1 aromatic carbocycles. The van der Waals surface area contributed by atoms with Crippen LogP contribution in [0.25, 0.3) is 5.65 Å². The lowest BCUT2D eigenvalue weighted by Gasteiger charge is -2.13. The SMILES string of the molecule is NCC(Sc1nnc2ccccn12)c1ccc(Br)cc1. The molecule has 20 heavy (non-hydrogen) atoms. The van der Waals surface area contributed by atoms with Gasteiger partial charge in [0.15, 0.2) is 10.8 Å². The lowest BCUT2D eigenvalue weighted by Crippen LogP contribution is -2.09. The summed E-state index contributed by atoms with van der Waals surface area (Å²) in [6.45, 7) is 0.550. The number of hydrogen-bond donors (Lipinski definition) is 1. The van der Waals surface area contributed by atoms with Gasteiger partial charge in [0, 0.05) is 22.5 Å². The normalized spacial score (nSPS) is 12.7. The molecule has 0 fully saturated rings. The minimum absolute atomic E-state index is 0.163. The molecule has 0 spiro atoms. The summed E-state index contributed by atoms with van der Waals surface area (Å²) >= 11 is 5.08. The maximum atomic E-state index is 5.91. The maximum absolute atomic E-state index is 5.91. The van der Waals surface area contributed by atoms with Crippen molar-refractivity contribution in [2.45, 2.75) is 10.4 Å². The minimum atomic E-state index is 0.163. The van der Waals surface area contributed by atoms with Crippen LogP contribution in [0.4, 0.5) is 0 Å². The van der Waals surface area contributed by atoms with Crippen LogP contribution in [0.3, 0.4) is 0 Å². The number of rotatable bonds is 4. The van der Waals surface area contributed by atoms with E-state index in [1.165, 1.54) is 5.56 Å². The van der Waals surface area contributed by atoms with E-state index >= 15 is 0 Å². The smallest absolute Gasteiger partial charge is 0.196 e. The first kappa shape index (κ1) is 13.6. The van der Waals surface area contributed by atoms with Gasteiger partial charge in [0.05, 0.1) is 0 Å². The summed E-state index contributed by atoms with van der Waals surface area (Å²) in [7, 11) is 0. The van der Waals surface area contributed by atoms with Crippen LogP contribution < -0.4 is 5.73 Å². The van der Waals surface area contributed by atoms with Crippen molar-refractivity contribution in [3.05, 3.63) is 58.7 Å². The molecule has 6 heteroatoms. The highest BCUT2D eigenvalue weighted by atomic mass is 79.9. The first-order valence-electron chi connectivity index (χ1n) is 6.20. The highest BCUT2D eigenvalue weighted by Gasteiger charge is 2.15. The second kappa shape index (κ2) is 5.95.